The molecule has 0 aliphatic carbocycles. The van der Waals surface area contributed by atoms with E-state index in [1.165, 1.54) is 0 Å². The summed E-state index contributed by atoms with van der Waals surface area (Å²) in [6.07, 6.45) is 3.09. The Hall–Kier alpha value is -1.40. The molecule has 1 aliphatic heterocycles. The van der Waals surface area contributed by atoms with E-state index in [1.807, 2.05) is 20.8 Å². The monoisotopic (exact) mass is 309 g/mol. The normalized spacial score (nSPS) is 23.5. The SMILES string of the molecule is CC1CCCC(CO)N1CC(=O)Nc1cc(C(C)(C)C)no1. The van der Waals surface area contributed by atoms with Crippen LogP contribution in [-0.2, 0) is 10.2 Å². The maximum absolute atomic E-state index is 12.2. The van der Waals surface area contributed by atoms with Gasteiger partial charge in [-0.2, -0.15) is 0 Å². The largest absolute Gasteiger partial charge is 0.395 e. The Balaban J connectivity index is 1.96. The molecule has 1 aromatic heterocycles. The van der Waals surface area contributed by atoms with Crippen molar-refractivity contribution in [1.82, 2.24) is 10.1 Å². The second-order valence-corrected chi connectivity index (χ2v) is 7.16. The minimum Gasteiger partial charge on any atom is -0.395 e. The number of anilines is 1. The van der Waals surface area contributed by atoms with E-state index < -0.39 is 0 Å². The van der Waals surface area contributed by atoms with Crippen LogP contribution in [0.2, 0.25) is 0 Å². The van der Waals surface area contributed by atoms with E-state index in [0.29, 0.717) is 11.9 Å². The molecule has 0 radical (unpaired) electrons. The number of carbonyl (C=O) groups excluding carboxylic acids is 1. The molecule has 2 atom stereocenters. The molecule has 124 valence electrons. The highest BCUT2D eigenvalue weighted by Crippen LogP contribution is 2.24. The highest BCUT2D eigenvalue weighted by atomic mass is 16.5. The number of hydrogen-bond acceptors (Lipinski definition) is 5. The summed E-state index contributed by atoms with van der Waals surface area (Å²) in [5.41, 5.74) is 0.693. The van der Waals surface area contributed by atoms with Crippen LogP contribution in [0.15, 0.2) is 10.6 Å². The van der Waals surface area contributed by atoms with Crippen LogP contribution in [0.5, 0.6) is 0 Å². The number of nitrogens with one attached hydrogen (secondary N) is 1. The average molecular weight is 309 g/mol. The highest BCUT2D eigenvalue weighted by molar-refractivity contribution is 5.91. The minimum absolute atomic E-state index is 0.0642. The van der Waals surface area contributed by atoms with Gasteiger partial charge < -0.3 is 9.63 Å². The number of likely N-dealkylation sites (tertiary alicyclic amines) is 1. The fraction of sp³-hybridized carbons (Fsp3) is 0.750. The van der Waals surface area contributed by atoms with Crippen molar-refractivity contribution in [3.05, 3.63) is 11.8 Å². The fourth-order valence-corrected chi connectivity index (χ4v) is 2.85. The van der Waals surface area contributed by atoms with E-state index in [4.69, 9.17) is 4.52 Å². The van der Waals surface area contributed by atoms with Gasteiger partial charge in [0.25, 0.3) is 0 Å². The lowest BCUT2D eigenvalue weighted by molar-refractivity contribution is -0.119. The van der Waals surface area contributed by atoms with Crippen LogP contribution in [0.3, 0.4) is 0 Å². The van der Waals surface area contributed by atoms with Crippen molar-refractivity contribution in [1.29, 1.82) is 0 Å². The van der Waals surface area contributed by atoms with Crippen LogP contribution in [0.4, 0.5) is 5.88 Å². The van der Waals surface area contributed by atoms with Crippen molar-refractivity contribution in [2.45, 2.75) is 64.5 Å². The van der Waals surface area contributed by atoms with Crippen LogP contribution < -0.4 is 5.32 Å². The molecule has 1 aromatic rings. The van der Waals surface area contributed by atoms with Gasteiger partial charge in [0.05, 0.1) is 18.8 Å². The third-order valence-electron chi connectivity index (χ3n) is 4.27. The van der Waals surface area contributed by atoms with Crippen LogP contribution in [-0.4, -0.2) is 46.3 Å². The predicted molar refractivity (Wildman–Crippen MR) is 84.7 cm³/mol. The van der Waals surface area contributed by atoms with E-state index in [2.05, 4.69) is 22.3 Å². The first-order chi connectivity index (χ1) is 10.3. The molecule has 1 fully saturated rings. The quantitative estimate of drug-likeness (QED) is 0.891. The number of aliphatic hydroxyl groups is 1. The Kier molecular flexibility index (Phi) is 5.24. The summed E-state index contributed by atoms with van der Waals surface area (Å²) in [6, 6.07) is 2.13. The number of piperidine rings is 1. The van der Waals surface area contributed by atoms with Crippen LogP contribution in [0, 0.1) is 0 Å². The Morgan fingerprint density at radius 1 is 1.50 bits per heavy atom. The maximum Gasteiger partial charge on any atom is 0.240 e. The molecule has 22 heavy (non-hydrogen) atoms. The van der Waals surface area contributed by atoms with Crippen molar-refractivity contribution in [3.63, 3.8) is 0 Å². The molecule has 2 rings (SSSR count). The summed E-state index contributed by atoms with van der Waals surface area (Å²) < 4.78 is 5.18. The van der Waals surface area contributed by atoms with Gasteiger partial charge >= 0.3 is 0 Å². The van der Waals surface area contributed by atoms with Gasteiger partial charge in [0.2, 0.25) is 11.8 Å². The molecule has 1 amide bonds. The van der Waals surface area contributed by atoms with Crippen molar-refractivity contribution in [2.24, 2.45) is 0 Å². The molecule has 0 spiro atoms. The van der Waals surface area contributed by atoms with Gasteiger partial charge in [-0.25, -0.2) is 0 Å². The van der Waals surface area contributed by atoms with Gasteiger partial charge in [0, 0.05) is 23.6 Å². The molecule has 2 heterocycles. The Morgan fingerprint density at radius 2 is 2.23 bits per heavy atom. The summed E-state index contributed by atoms with van der Waals surface area (Å²) in [4.78, 5) is 14.3. The Bertz CT molecular complexity index is 507. The van der Waals surface area contributed by atoms with Crippen molar-refractivity contribution >= 4 is 11.8 Å². The van der Waals surface area contributed by atoms with E-state index in [1.54, 1.807) is 6.07 Å². The third-order valence-corrected chi connectivity index (χ3v) is 4.27. The zero-order valence-corrected chi connectivity index (χ0v) is 13.9. The summed E-state index contributed by atoms with van der Waals surface area (Å²) in [6.45, 7) is 8.57. The third kappa shape index (κ3) is 4.08. The minimum atomic E-state index is -0.135. The van der Waals surface area contributed by atoms with Gasteiger partial charge in [-0.3, -0.25) is 15.0 Å². The number of amides is 1. The van der Waals surface area contributed by atoms with E-state index in [-0.39, 0.29) is 30.5 Å². The number of rotatable bonds is 4. The molecule has 2 N–H and O–H groups in total. The average Bonchev–Trinajstić information content (AvgIpc) is 2.89. The number of aromatic nitrogens is 1. The first-order valence-corrected chi connectivity index (χ1v) is 7.95. The van der Waals surface area contributed by atoms with E-state index >= 15 is 0 Å². The van der Waals surface area contributed by atoms with E-state index in [9.17, 15) is 9.90 Å². The Morgan fingerprint density at radius 3 is 2.82 bits per heavy atom. The molecule has 0 bridgehead atoms. The molecule has 6 heteroatoms. The predicted octanol–water partition coefficient (Wildman–Crippen LogP) is 2.15. The van der Waals surface area contributed by atoms with Gasteiger partial charge in [-0.05, 0) is 19.8 Å². The van der Waals surface area contributed by atoms with Crippen molar-refractivity contribution < 1.29 is 14.4 Å². The molecule has 2 unspecified atom stereocenters. The standard InChI is InChI=1S/C16H27N3O3/c1-11-6-5-7-12(10-20)19(11)9-14(21)17-15-8-13(18-22-15)16(2,3)4/h8,11-12,20H,5-7,9-10H2,1-4H3,(H,17,21). The number of hydrogen-bond donors (Lipinski definition) is 2. The zero-order chi connectivity index (χ0) is 16.3. The van der Waals surface area contributed by atoms with Gasteiger partial charge in [-0.15, -0.1) is 0 Å². The Labute approximate surface area is 131 Å². The lowest BCUT2D eigenvalue weighted by Crippen LogP contribution is -2.50. The second-order valence-electron chi connectivity index (χ2n) is 7.16. The van der Waals surface area contributed by atoms with Gasteiger partial charge in [0.1, 0.15) is 0 Å². The highest BCUT2D eigenvalue weighted by Gasteiger charge is 2.29. The zero-order valence-electron chi connectivity index (χ0n) is 13.9. The summed E-state index contributed by atoms with van der Waals surface area (Å²) in [5.74, 6) is 0.240. The van der Waals surface area contributed by atoms with Crippen LogP contribution in [0.1, 0.15) is 52.7 Å². The fourth-order valence-electron chi connectivity index (χ4n) is 2.85. The van der Waals surface area contributed by atoms with Crippen molar-refractivity contribution in [3.8, 4) is 0 Å². The topological polar surface area (TPSA) is 78.6 Å². The lowest BCUT2D eigenvalue weighted by Gasteiger charge is -2.39. The van der Waals surface area contributed by atoms with Gasteiger partial charge in [0.15, 0.2) is 0 Å². The summed E-state index contributed by atoms with van der Waals surface area (Å²) in [5, 5.41) is 16.2. The number of nitrogens with zero attached hydrogens (tertiary/aromatic N) is 2. The molecule has 0 aromatic carbocycles. The first-order valence-electron chi connectivity index (χ1n) is 7.95. The summed E-state index contributed by atoms with van der Waals surface area (Å²) >= 11 is 0. The molecular weight excluding hydrogens is 282 g/mol. The molecule has 1 aliphatic rings. The maximum atomic E-state index is 12.2. The molecule has 6 nitrogen and oxygen atoms in total. The smallest absolute Gasteiger partial charge is 0.240 e. The molecule has 0 saturated carbocycles. The lowest BCUT2D eigenvalue weighted by atomic mass is 9.92. The summed E-state index contributed by atoms with van der Waals surface area (Å²) in [7, 11) is 0. The van der Waals surface area contributed by atoms with Crippen molar-refractivity contribution in [2.75, 3.05) is 18.5 Å². The number of aliphatic hydroxyl groups excluding tert-OH is 1. The number of carbonyl (C=O) groups is 1. The van der Waals surface area contributed by atoms with Gasteiger partial charge in [-0.1, -0.05) is 32.3 Å². The van der Waals surface area contributed by atoms with Crippen LogP contribution >= 0.6 is 0 Å². The molecular formula is C16H27N3O3. The second kappa shape index (κ2) is 6.79. The van der Waals surface area contributed by atoms with Crippen LogP contribution in [0.25, 0.3) is 0 Å². The van der Waals surface area contributed by atoms with E-state index in [0.717, 1.165) is 25.0 Å². The first kappa shape index (κ1) is 17.0. The molecule has 1 saturated heterocycles.